The monoisotopic (exact) mass is 245 g/mol. The van der Waals surface area contributed by atoms with E-state index in [1.54, 1.807) is 0 Å². The summed E-state index contributed by atoms with van der Waals surface area (Å²) in [4.78, 5) is 4.52. The lowest BCUT2D eigenvalue weighted by Crippen LogP contribution is -2.02. The third-order valence-corrected chi connectivity index (χ3v) is 3.22. The SMILES string of the molecule is CCC(c1ccc(Cl)cc1)c1ccc(C)cn1. The van der Waals surface area contributed by atoms with Crippen molar-refractivity contribution in [1.29, 1.82) is 0 Å². The molecule has 2 heteroatoms. The molecule has 1 atom stereocenters. The maximum Gasteiger partial charge on any atom is 0.0478 e. The zero-order valence-electron chi connectivity index (χ0n) is 10.2. The molecular formula is C15H16ClN. The predicted molar refractivity (Wildman–Crippen MR) is 72.6 cm³/mol. The number of benzene rings is 1. The minimum Gasteiger partial charge on any atom is -0.260 e. The van der Waals surface area contributed by atoms with Crippen LogP contribution in [0.1, 0.15) is 36.1 Å². The Labute approximate surface area is 107 Å². The molecule has 0 saturated carbocycles. The second-order valence-corrected chi connectivity index (χ2v) is 4.71. The fourth-order valence-corrected chi connectivity index (χ4v) is 2.12. The number of hydrogen-bond donors (Lipinski definition) is 0. The highest BCUT2D eigenvalue weighted by Crippen LogP contribution is 2.27. The van der Waals surface area contributed by atoms with E-state index in [1.165, 1.54) is 11.1 Å². The third kappa shape index (κ3) is 2.86. The van der Waals surface area contributed by atoms with Gasteiger partial charge in [-0.3, -0.25) is 4.98 Å². The van der Waals surface area contributed by atoms with Gasteiger partial charge in [-0.1, -0.05) is 36.7 Å². The van der Waals surface area contributed by atoms with Gasteiger partial charge in [0.15, 0.2) is 0 Å². The Morgan fingerprint density at radius 3 is 2.35 bits per heavy atom. The number of rotatable bonds is 3. The van der Waals surface area contributed by atoms with Gasteiger partial charge in [0.05, 0.1) is 0 Å². The van der Waals surface area contributed by atoms with Gasteiger partial charge in [0.2, 0.25) is 0 Å². The summed E-state index contributed by atoms with van der Waals surface area (Å²) in [5.41, 5.74) is 3.59. The van der Waals surface area contributed by atoms with Crippen molar-refractivity contribution in [2.45, 2.75) is 26.2 Å². The highest BCUT2D eigenvalue weighted by molar-refractivity contribution is 6.30. The summed E-state index contributed by atoms with van der Waals surface area (Å²) in [6, 6.07) is 12.3. The Morgan fingerprint density at radius 2 is 1.82 bits per heavy atom. The van der Waals surface area contributed by atoms with Crippen LogP contribution in [-0.4, -0.2) is 4.98 Å². The Bertz CT molecular complexity index is 428. The first kappa shape index (κ1) is 12.1. The summed E-state index contributed by atoms with van der Waals surface area (Å²) in [7, 11) is 0. The largest absolute Gasteiger partial charge is 0.260 e. The molecule has 0 spiro atoms. The van der Waals surface area contributed by atoms with Gasteiger partial charge >= 0.3 is 0 Å². The number of aryl methyl sites for hydroxylation is 1. The Hall–Kier alpha value is -1.34. The smallest absolute Gasteiger partial charge is 0.0478 e. The van der Waals surface area contributed by atoms with Crippen molar-refractivity contribution in [3.63, 3.8) is 0 Å². The second kappa shape index (κ2) is 5.33. The molecule has 2 rings (SSSR count). The van der Waals surface area contributed by atoms with E-state index in [4.69, 9.17) is 11.6 Å². The van der Waals surface area contributed by atoms with Gasteiger partial charge in [-0.2, -0.15) is 0 Å². The molecule has 1 nitrogen and oxygen atoms in total. The first-order valence-corrected chi connectivity index (χ1v) is 6.26. The second-order valence-electron chi connectivity index (χ2n) is 4.27. The zero-order chi connectivity index (χ0) is 12.3. The molecule has 0 aliphatic heterocycles. The normalized spacial score (nSPS) is 12.4. The van der Waals surface area contributed by atoms with Gasteiger partial charge in [0, 0.05) is 22.8 Å². The standard InChI is InChI=1S/C15H16ClN/c1-3-14(12-5-7-13(16)8-6-12)15-9-4-11(2)10-17-15/h4-10,14H,3H2,1-2H3. The molecule has 0 amide bonds. The molecule has 0 bridgehead atoms. The van der Waals surface area contributed by atoms with E-state index in [1.807, 2.05) is 18.3 Å². The lowest BCUT2D eigenvalue weighted by atomic mass is 9.92. The number of hydrogen-bond acceptors (Lipinski definition) is 1. The minimum absolute atomic E-state index is 0.355. The predicted octanol–water partition coefficient (Wildman–Crippen LogP) is 4.59. The van der Waals surface area contributed by atoms with Gasteiger partial charge in [0.1, 0.15) is 0 Å². The van der Waals surface area contributed by atoms with E-state index in [9.17, 15) is 0 Å². The molecule has 1 aromatic carbocycles. The average molecular weight is 246 g/mol. The molecule has 0 aliphatic rings. The summed E-state index contributed by atoms with van der Waals surface area (Å²) in [6.07, 6.45) is 2.96. The number of nitrogens with zero attached hydrogens (tertiary/aromatic N) is 1. The molecular weight excluding hydrogens is 230 g/mol. The van der Waals surface area contributed by atoms with Gasteiger partial charge in [-0.05, 0) is 42.7 Å². The molecule has 0 aliphatic carbocycles. The van der Waals surface area contributed by atoms with Gasteiger partial charge in [-0.25, -0.2) is 0 Å². The molecule has 1 unspecified atom stereocenters. The average Bonchev–Trinajstić information content (AvgIpc) is 2.35. The Balaban J connectivity index is 2.33. The molecule has 88 valence electrons. The van der Waals surface area contributed by atoms with Crippen LogP contribution in [0.2, 0.25) is 5.02 Å². The topological polar surface area (TPSA) is 12.9 Å². The summed E-state index contributed by atoms with van der Waals surface area (Å²) in [6.45, 7) is 4.24. The van der Waals surface area contributed by atoms with Crippen LogP contribution in [0.4, 0.5) is 0 Å². The van der Waals surface area contributed by atoms with Crippen molar-refractivity contribution in [2.75, 3.05) is 0 Å². The van der Waals surface area contributed by atoms with Crippen molar-refractivity contribution in [3.05, 3.63) is 64.4 Å². The lowest BCUT2D eigenvalue weighted by Gasteiger charge is -2.15. The van der Waals surface area contributed by atoms with E-state index in [0.717, 1.165) is 17.1 Å². The maximum absolute atomic E-state index is 5.91. The number of halogens is 1. The van der Waals surface area contributed by atoms with Gasteiger partial charge < -0.3 is 0 Å². The van der Waals surface area contributed by atoms with Gasteiger partial charge in [-0.15, -0.1) is 0 Å². The third-order valence-electron chi connectivity index (χ3n) is 2.97. The molecule has 0 saturated heterocycles. The highest BCUT2D eigenvalue weighted by atomic mass is 35.5. The van der Waals surface area contributed by atoms with E-state index in [0.29, 0.717) is 5.92 Å². The van der Waals surface area contributed by atoms with Crippen molar-refractivity contribution < 1.29 is 0 Å². The molecule has 1 aromatic heterocycles. The number of pyridine rings is 1. The van der Waals surface area contributed by atoms with Crippen LogP contribution < -0.4 is 0 Å². The maximum atomic E-state index is 5.91. The van der Waals surface area contributed by atoms with Crippen LogP contribution in [0.15, 0.2) is 42.6 Å². The molecule has 1 heterocycles. The van der Waals surface area contributed by atoms with Gasteiger partial charge in [0.25, 0.3) is 0 Å². The van der Waals surface area contributed by atoms with Crippen LogP contribution in [0.3, 0.4) is 0 Å². The van der Waals surface area contributed by atoms with Crippen LogP contribution in [-0.2, 0) is 0 Å². The first-order valence-electron chi connectivity index (χ1n) is 5.88. The summed E-state index contributed by atoms with van der Waals surface area (Å²) in [5, 5.41) is 0.778. The number of aromatic nitrogens is 1. The fourth-order valence-electron chi connectivity index (χ4n) is 2.00. The molecule has 2 aromatic rings. The minimum atomic E-state index is 0.355. The quantitative estimate of drug-likeness (QED) is 0.771. The summed E-state index contributed by atoms with van der Waals surface area (Å²) < 4.78 is 0. The van der Waals surface area contributed by atoms with Crippen molar-refractivity contribution >= 4 is 11.6 Å². The summed E-state index contributed by atoms with van der Waals surface area (Å²) in [5.74, 6) is 0.355. The van der Waals surface area contributed by atoms with E-state index < -0.39 is 0 Å². The van der Waals surface area contributed by atoms with Crippen molar-refractivity contribution in [3.8, 4) is 0 Å². The van der Waals surface area contributed by atoms with E-state index >= 15 is 0 Å². The Kier molecular flexibility index (Phi) is 3.80. The molecule has 0 N–H and O–H groups in total. The highest BCUT2D eigenvalue weighted by Gasteiger charge is 2.12. The van der Waals surface area contributed by atoms with Crippen molar-refractivity contribution in [2.24, 2.45) is 0 Å². The van der Waals surface area contributed by atoms with E-state index in [2.05, 4.69) is 43.1 Å². The zero-order valence-corrected chi connectivity index (χ0v) is 10.9. The fraction of sp³-hybridized carbons (Fsp3) is 0.267. The molecule has 17 heavy (non-hydrogen) atoms. The molecule has 0 fully saturated rings. The van der Waals surface area contributed by atoms with Crippen molar-refractivity contribution in [1.82, 2.24) is 4.98 Å². The van der Waals surface area contributed by atoms with Crippen LogP contribution in [0.25, 0.3) is 0 Å². The van der Waals surface area contributed by atoms with Crippen LogP contribution >= 0.6 is 11.6 Å². The van der Waals surface area contributed by atoms with Crippen LogP contribution in [0.5, 0.6) is 0 Å². The lowest BCUT2D eigenvalue weighted by molar-refractivity contribution is 0.748. The van der Waals surface area contributed by atoms with Crippen LogP contribution in [0, 0.1) is 6.92 Å². The molecule has 0 radical (unpaired) electrons. The first-order chi connectivity index (χ1) is 8.20. The Morgan fingerprint density at radius 1 is 1.12 bits per heavy atom. The van der Waals surface area contributed by atoms with E-state index in [-0.39, 0.29) is 0 Å². The summed E-state index contributed by atoms with van der Waals surface area (Å²) >= 11 is 5.91.